The first kappa shape index (κ1) is 77.6. The van der Waals surface area contributed by atoms with Gasteiger partial charge >= 0.3 is 17.9 Å². The first-order valence-corrected chi connectivity index (χ1v) is 35.1. The van der Waals surface area contributed by atoms with Gasteiger partial charge in [-0.15, -0.1) is 0 Å². The third-order valence-corrected chi connectivity index (χ3v) is 15.4. The number of carbonyl (C=O) groups is 3. The average Bonchev–Trinajstić information content (AvgIpc) is 3.47. The molecule has 0 fully saturated rings. The molecule has 0 heterocycles. The Morgan fingerprint density at radius 3 is 0.765 bits per heavy atom. The largest absolute Gasteiger partial charge is 0.462 e. The Kier molecular flexibility index (Phi) is 66.2. The summed E-state index contributed by atoms with van der Waals surface area (Å²) in [6, 6.07) is 0. The lowest BCUT2D eigenvalue weighted by Gasteiger charge is -2.18. The first-order valence-electron chi connectivity index (χ1n) is 35.1. The number of hydrogen-bond donors (Lipinski definition) is 0. The second-order valence-corrected chi connectivity index (χ2v) is 23.4. The summed E-state index contributed by atoms with van der Waals surface area (Å²) in [5.74, 6) is -0.871. The highest BCUT2D eigenvalue weighted by atomic mass is 16.6. The summed E-state index contributed by atoms with van der Waals surface area (Å²) in [5.41, 5.74) is 0. The molecule has 0 bridgehead atoms. The molecule has 1 unspecified atom stereocenters. The molecule has 0 spiro atoms. The Morgan fingerprint density at radius 1 is 0.259 bits per heavy atom. The van der Waals surface area contributed by atoms with Crippen LogP contribution in [0.15, 0.2) is 85.1 Å². The van der Waals surface area contributed by atoms with Crippen LogP contribution in [0.2, 0.25) is 0 Å². The molecule has 468 valence electrons. The van der Waals surface area contributed by atoms with Crippen LogP contribution < -0.4 is 0 Å². The van der Waals surface area contributed by atoms with Crippen LogP contribution in [0.25, 0.3) is 0 Å². The van der Waals surface area contributed by atoms with Crippen LogP contribution in [0, 0.1) is 0 Å². The molecule has 0 saturated carbocycles. The minimum Gasteiger partial charge on any atom is -0.462 e. The number of esters is 3. The zero-order chi connectivity index (χ0) is 58.5. The number of hydrogen-bond acceptors (Lipinski definition) is 6. The zero-order valence-corrected chi connectivity index (χ0v) is 53.8. The maximum atomic E-state index is 13.0. The molecule has 0 aromatic heterocycles. The van der Waals surface area contributed by atoms with Crippen molar-refractivity contribution in [2.24, 2.45) is 0 Å². The molecule has 0 rings (SSSR count). The van der Waals surface area contributed by atoms with Crippen LogP contribution >= 0.6 is 0 Å². The van der Waals surface area contributed by atoms with Crippen LogP contribution in [0.5, 0.6) is 0 Å². The first-order chi connectivity index (χ1) is 40.0. The molecule has 81 heavy (non-hydrogen) atoms. The number of ether oxygens (including phenoxy) is 3. The summed E-state index contributed by atoms with van der Waals surface area (Å²) in [7, 11) is 0. The van der Waals surface area contributed by atoms with E-state index >= 15 is 0 Å². The van der Waals surface area contributed by atoms with E-state index in [2.05, 4.69) is 106 Å². The minimum atomic E-state index is -0.783. The van der Waals surface area contributed by atoms with Gasteiger partial charge in [-0.2, -0.15) is 0 Å². The second-order valence-electron chi connectivity index (χ2n) is 23.4. The third kappa shape index (κ3) is 67.3. The Bertz CT molecular complexity index is 1530. The molecule has 1 atom stereocenters. The van der Waals surface area contributed by atoms with E-state index in [1.54, 1.807) is 0 Å². The van der Waals surface area contributed by atoms with Crippen molar-refractivity contribution in [1.29, 1.82) is 0 Å². The van der Waals surface area contributed by atoms with Crippen molar-refractivity contribution in [3.05, 3.63) is 85.1 Å². The van der Waals surface area contributed by atoms with E-state index in [0.29, 0.717) is 19.3 Å². The van der Waals surface area contributed by atoms with Gasteiger partial charge in [-0.1, -0.05) is 324 Å². The molecule has 0 aromatic rings. The SMILES string of the molecule is CC/C=C\C/C=C\C/C=C\C/C=C\C/C=C\CCCCCCCCCCCC(=O)OCC(COC(=O)CCCCCCCCC/C=C\C/C=C\CCCCCC)OC(=O)CCCCCCCCCCCCCCCCCCCCCC. The van der Waals surface area contributed by atoms with Crippen molar-refractivity contribution < 1.29 is 28.6 Å². The van der Waals surface area contributed by atoms with E-state index in [1.165, 1.54) is 205 Å². The van der Waals surface area contributed by atoms with Crippen LogP contribution in [-0.2, 0) is 28.6 Å². The fourth-order valence-corrected chi connectivity index (χ4v) is 10.2. The number of rotatable bonds is 64. The Labute approximate surface area is 503 Å². The molecule has 0 aliphatic carbocycles. The van der Waals surface area contributed by atoms with Gasteiger partial charge in [-0.05, 0) is 96.3 Å². The number of carbonyl (C=O) groups excluding carboxylic acids is 3. The summed E-state index contributed by atoms with van der Waals surface area (Å²) >= 11 is 0. The Hall–Kier alpha value is -3.41. The predicted molar refractivity (Wildman–Crippen MR) is 353 cm³/mol. The van der Waals surface area contributed by atoms with Crippen molar-refractivity contribution >= 4 is 17.9 Å². The Morgan fingerprint density at radius 2 is 0.481 bits per heavy atom. The molecule has 0 amide bonds. The van der Waals surface area contributed by atoms with Gasteiger partial charge in [0, 0.05) is 19.3 Å². The molecule has 0 aliphatic rings. The molecule has 0 N–H and O–H groups in total. The van der Waals surface area contributed by atoms with E-state index in [1.807, 2.05) is 0 Å². The van der Waals surface area contributed by atoms with Crippen molar-refractivity contribution in [3.8, 4) is 0 Å². The molecule has 0 aromatic carbocycles. The number of unbranched alkanes of at least 4 members (excludes halogenated alkanes) is 39. The van der Waals surface area contributed by atoms with Crippen LogP contribution in [0.1, 0.15) is 355 Å². The topological polar surface area (TPSA) is 78.9 Å². The van der Waals surface area contributed by atoms with Gasteiger partial charge in [-0.25, -0.2) is 0 Å². The maximum absolute atomic E-state index is 13.0. The van der Waals surface area contributed by atoms with Crippen molar-refractivity contribution in [2.45, 2.75) is 361 Å². The van der Waals surface area contributed by atoms with Crippen molar-refractivity contribution in [3.63, 3.8) is 0 Å². The van der Waals surface area contributed by atoms with E-state index in [9.17, 15) is 14.4 Å². The molecular formula is C75H132O6. The fourth-order valence-electron chi connectivity index (χ4n) is 10.2. The highest BCUT2D eigenvalue weighted by molar-refractivity contribution is 5.71. The normalized spacial score (nSPS) is 12.6. The quantitative estimate of drug-likeness (QED) is 0.0261. The lowest BCUT2D eigenvalue weighted by molar-refractivity contribution is -0.167. The smallest absolute Gasteiger partial charge is 0.306 e. The van der Waals surface area contributed by atoms with Gasteiger partial charge in [0.25, 0.3) is 0 Å². The van der Waals surface area contributed by atoms with Gasteiger partial charge in [0.15, 0.2) is 6.10 Å². The summed E-state index contributed by atoms with van der Waals surface area (Å²) < 4.78 is 17.0. The Balaban J connectivity index is 4.36. The summed E-state index contributed by atoms with van der Waals surface area (Å²) in [5, 5.41) is 0. The monoisotopic (exact) mass is 1130 g/mol. The van der Waals surface area contributed by atoms with Gasteiger partial charge in [-0.3, -0.25) is 14.4 Å². The molecule has 0 saturated heterocycles. The van der Waals surface area contributed by atoms with Crippen LogP contribution in [0.3, 0.4) is 0 Å². The second kappa shape index (κ2) is 69.1. The molecule has 0 aliphatic heterocycles. The fraction of sp³-hybridized carbons (Fsp3) is 0.773. The minimum absolute atomic E-state index is 0.0791. The highest BCUT2D eigenvalue weighted by Crippen LogP contribution is 2.18. The average molecular weight is 1130 g/mol. The van der Waals surface area contributed by atoms with E-state index in [4.69, 9.17) is 14.2 Å². The van der Waals surface area contributed by atoms with Crippen molar-refractivity contribution in [1.82, 2.24) is 0 Å². The van der Waals surface area contributed by atoms with Gasteiger partial charge in [0.05, 0.1) is 0 Å². The maximum Gasteiger partial charge on any atom is 0.306 e. The lowest BCUT2D eigenvalue weighted by atomic mass is 10.0. The molecular weight excluding hydrogens is 997 g/mol. The summed E-state index contributed by atoms with van der Waals surface area (Å²) in [4.78, 5) is 38.5. The highest BCUT2D eigenvalue weighted by Gasteiger charge is 2.19. The predicted octanol–water partition coefficient (Wildman–Crippen LogP) is 24.2. The zero-order valence-electron chi connectivity index (χ0n) is 53.8. The summed E-state index contributed by atoms with van der Waals surface area (Å²) in [6.07, 6.45) is 91.7. The molecule has 6 nitrogen and oxygen atoms in total. The van der Waals surface area contributed by atoms with Gasteiger partial charge < -0.3 is 14.2 Å². The van der Waals surface area contributed by atoms with Crippen molar-refractivity contribution in [2.75, 3.05) is 13.2 Å². The van der Waals surface area contributed by atoms with Crippen LogP contribution in [-0.4, -0.2) is 37.2 Å². The van der Waals surface area contributed by atoms with E-state index in [-0.39, 0.29) is 31.1 Å². The summed E-state index contributed by atoms with van der Waals surface area (Å²) in [6.45, 7) is 6.55. The molecule has 6 heteroatoms. The molecule has 0 radical (unpaired) electrons. The van der Waals surface area contributed by atoms with Gasteiger partial charge in [0.1, 0.15) is 13.2 Å². The van der Waals surface area contributed by atoms with Gasteiger partial charge in [0.2, 0.25) is 0 Å². The number of allylic oxidation sites excluding steroid dienone is 14. The lowest BCUT2D eigenvalue weighted by Crippen LogP contribution is -2.30. The third-order valence-electron chi connectivity index (χ3n) is 15.4. The standard InChI is InChI=1S/C75H132O6/c1-4-7-10-13-16-19-22-25-28-31-34-36-37-38-39-40-42-44-47-50-53-56-59-62-65-68-74(77)80-71-72(70-79-73(76)67-64-61-58-55-52-49-46-43-33-30-27-24-21-18-15-12-9-6-3)81-75(78)69-66-63-60-57-54-51-48-45-41-35-32-29-26-23-20-17-14-11-8-5-2/h7,10,16,19,21,24-25,28,30,33-34,36,38-39,72H,4-6,8-9,11-15,17-18,20,22-23,26-27,29,31-32,35,37,40-71H2,1-3H3/b10-7-,19-16-,24-21-,28-25-,33-30-,36-34-,39-38-. The van der Waals surface area contributed by atoms with E-state index < -0.39 is 6.10 Å². The van der Waals surface area contributed by atoms with E-state index in [0.717, 1.165) is 109 Å². The van der Waals surface area contributed by atoms with Crippen LogP contribution in [0.4, 0.5) is 0 Å².